The molecule has 44 heavy (non-hydrogen) atoms. The molecular weight excluding hydrogens is 554 g/mol. The van der Waals surface area contributed by atoms with Crippen LogP contribution in [0, 0.1) is 5.92 Å². The van der Waals surface area contributed by atoms with E-state index in [1.165, 1.54) is 6.42 Å². The van der Waals surface area contributed by atoms with Crippen LogP contribution in [0.4, 0.5) is 5.69 Å². The summed E-state index contributed by atoms with van der Waals surface area (Å²) in [5, 5.41) is 0. The van der Waals surface area contributed by atoms with E-state index < -0.39 is 0 Å². The molecule has 1 N–H and O–H groups in total. The Hall–Kier alpha value is -4.18. The summed E-state index contributed by atoms with van der Waals surface area (Å²) in [5.74, 6) is 1.41. The summed E-state index contributed by atoms with van der Waals surface area (Å²) in [7, 11) is 1.65. The zero-order chi connectivity index (χ0) is 30.8. The number of pyridine rings is 2. The van der Waals surface area contributed by atoms with Crippen molar-refractivity contribution in [1.82, 2.24) is 29.7 Å². The number of imidazole rings is 1. The maximum Gasteiger partial charge on any atom is 0.243 e. The van der Waals surface area contributed by atoms with Gasteiger partial charge in [0.25, 0.3) is 0 Å². The fraction of sp³-hybridized carbons (Fsp3) is 0.471. The Morgan fingerprint density at radius 3 is 2.45 bits per heavy atom. The molecule has 0 aliphatic carbocycles. The number of ether oxygens (including phenoxy) is 2. The average Bonchev–Trinajstić information content (AvgIpc) is 3.71. The van der Waals surface area contributed by atoms with Gasteiger partial charge in [-0.3, -0.25) is 14.7 Å². The van der Waals surface area contributed by atoms with Crippen LogP contribution in [0.3, 0.4) is 0 Å². The van der Waals surface area contributed by atoms with E-state index in [0.717, 1.165) is 54.4 Å². The Balaban J connectivity index is 1.14. The van der Waals surface area contributed by atoms with Gasteiger partial charge in [-0.2, -0.15) is 0 Å². The van der Waals surface area contributed by atoms with E-state index >= 15 is 0 Å². The van der Waals surface area contributed by atoms with Crippen LogP contribution in [0.25, 0.3) is 22.4 Å². The van der Waals surface area contributed by atoms with Crippen LogP contribution in [0.5, 0.6) is 11.6 Å². The highest BCUT2D eigenvalue weighted by atomic mass is 16.5. The molecule has 2 aliphatic heterocycles. The summed E-state index contributed by atoms with van der Waals surface area (Å²) in [4.78, 5) is 37.4. The van der Waals surface area contributed by atoms with Gasteiger partial charge in [0.1, 0.15) is 11.9 Å². The molecule has 1 amide bonds. The number of carbonyl (C=O) groups excluding carboxylic acids is 1. The Morgan fingerprint density at radius 2 is 1.77 bits per heavy atom. The van der Waals surface area contributed by atoms with Crippen molar-refractivity contribution in [3.8, 4) is 23.0 Å². The molecular formula is C34H43N7O3. The van der Waals surface area contributed by atoms with Gasteiger partial charge in [-0.05, 0) is 63.1 Å². The number of nitrogens with zero attached hydrogens (tertiary/aromatic N) is 6. The van der Waals surface area contributed by atoms with E-state index in [1.807, 2.05) is 54.4 Å². The molecule has 1 aromatic carbocycles. The van der Waals surface area contributed by atoms with E-state index in [1.54, 1.807) is 13.4 Å². The number of benzene rings is 1. The van der Waals surface area contributed by atoms with Crippen molar-refractivity contribution in [2.24, 2.45) is 5.92 Å². The molecule has 6 rings (SSSR count). The summed E-state index contributed by atoms with van der Waals surface area (Å²) in [6.45, 7) is 13.4. The van der Waals surface area contributed by atoms with Crippen molar-refractivity contribution in [2.75, 3.05) is 44.7 Å². The maximum absolute atomic E-state index is 13.1. The highest BCUT2D eigenvalue weighted by molar-refractivity contribution is 5.83. The SMILES string of the molecule is CCC(C)N1CCN(c2ccc(-c3cc4[nH]cnc4c(OC(C)C4CC(=O)N(C(C)c5ccc(OC)cc5)C4)n3)nc2)CC1. The van der Waals surface area contributed by atoms with Gasteiger partial charge in [0, 0.05) is 51.1 Å². The Morgan fingerprint density at radius 1 is 1.00 bits per heavy atom. The third-order valence-electron chi connectivity index (χ3n) is 9.49. The topological polar surface area (TPSA) is 99.7 Å². The van der Waals surface area contributed by atoms with Crippen LogP contribution < -0.4 is 14.4 Å². The van der Waals surface area contributed by atoms with E-state index in [2.05, 4.69) is 46.6 Å². The number of nitrogens with one attached hydrogen (secondary N) is 1. The third kappa shape index (κ3) is 6.08. The molecule has 3 aromatic heterocycles. The molecule has 0 bridgehead atoms. The first-order valence-corrected chi connectivity index (χ1v) is 15.7. The molecule has 2 aliphatic rings. The molecule has 5 heterocycles. The number of fused-ring (bicyclic) bond motifs is 1. The number of piperazine rings is 1. The second-order valence-electron chi connectivity index (χ2n) is 12.1. The molecule has 2 saturated heterocycles. The number of H-pyrrole nitrogens is 1. The molecule has 0 saturated carbocycles. The highest BCUT2D eigenvalue weighted by Gasteiger charge is 2.37. The van der Waals surface area contributed by atoms with Gasteiger partial charge in [0.2, 0.25) is 11.8 Å². The van der Waals surface area contributed by atoms with Gasteiger partial charge in [0.05, 0.1) is 48.3 Å². The lowest BCUT2D eigenvalue weighted by Gasteiger charge is -2.38. The van der Waals surface area contributed by atoms with Gasteiger partial charge < -0.3 is 24.3 Å². The lowest BCUT2D eigenvalue weighted by molar-refractivity contribution is -0.129. The number of amides is 1. The van der Waals surface area contributed by atoms with Crippen LogP contribution in [0.2, 0.25) is 0 Å². The second kappa shape index (κ2) is 12.8. The average molecular weight is 598 g/mol. The highest BCUT2D eigenvalue weighted by Crippen LogP contribution is 2.34. The van der Waals surface area contributed by atoms with E-state index in [0.29, 0.717) is 36.1 Å². The third-order valence-corrected chi connectivity index (χ3v) is 9.49. The number of methoxy groups -OCH3 is 1. The molecule has 0 radical (unpaired) electrons. The molecule has 0 spiro atoms. The summed E-state index contributed by atoms with van der Waals surface area (Å²) >= 11 is 0. The maximum atomic E-state index is 13.1. The van der Waals surface area contributed by atoms with Crippen LogP contribution in [-0.4, -0.2) is 87.6 Å². The first kappa shape index (κ1) is 29.9. The second-order valence-corrected chi connectivity index (χ2v) is 12.1. The quantitative estimate of drug-likeness (QED) is 0.262. The monoisotopic (exact) mass is 597 g/mol. The standard InChI is InChI=1S/C34H43N7O3/c1-6-22(2)39-13-15-40(16-14-39)27-9-12-29(35-19-27)30-18-31-33(37-21-36-31)34(38-30)44-24(4)26-17-32(42)41(20-26)23(3)25-7-10-28(43-5)11-8-25/h7-12,18-19,21-24,26H,6,13-17,20H2,1-5H3,(H,36,37). The van der Waals surface area contributed by atoms with Gasteiger partial charge in [-0.25, -0.2) is 9.97 Å². The normalized spacial score (nSPS) is 19.8. The Labute approximate surface area is 259 Å². The van der Waals surface area contributed by atoms with Gasteiger partial charge in [0.15, 0.2) is 5.52 Å². The molecule has 10 heteroatoms. The summed E-state index contributed by atoms with van der Waals surface area (Å²) in [5.41, 5.74) is 5.20. The van der Waals surface area contributed by atoms with Crippen molar-refractivity contribution in [1.29, 1.82) is 0 Å². The van der Waals surface area contributed by atoms with Crippen molar-refractivity contribution in [3.63, 3.8) is 0 Å². The molecule has 4 atom stereocenters. The van der Waals surface area contributed by atoms with Gasteiger partial charge in [-0.1, -0.05) is 19.1 Å². The van der Waals surface area contributed by atoms with Crippen LogP contribution in [-0.2, 0) is 4.79 Å². The lowest BCUT2D eigenvalue weighted by atomic mass is 10.0. The molecule has 10 nitrogen and oxygen atoms in total. The largest absolute Gasteiger partial charge is 0.497 e. The van der Waals surface area contributed by atoms with Crippen LogP contribution in [0.15, 0.2) is 55.0 Å². The number of likely N-dealkylation sites (tertiary alicyclic amines) is 1. The Kier molecular flexibility index (Phi) is 8.70. The first-order chi connectivity index (χ1) is 21.3. The molecule has 2 fully saturated rings. The molecule has 232 valence electrons. The minimum absolute atomic E-state index is 0.0286. The summed E-state index contributed by atoms with van der Waals surface area (Å²) in [6, 6.07) is 14.6. The number of hydrogen-bond acceptors (Lipinski definition) is 8. The first-order valence-electron chi connectivity index (χ1n) is 15.7. The predicted molar refractivity (Wildman–Crippen MR) is 172 cm³/mol. The number of carbonyl (C=O) groups is 1. The minimum Gasteiger partial charge on any atom is -0.497 e. The van der Waals surface area contributed by atoms with E-state index in [9.17, 15) is 4.79 Å². The fourth-order valence-electron chi connectivity index (χ4n) is 6.32. The van der Waals surface area contributed by atoms with Crippen molar-refractivity contribution < 1.29 is 14.3 Å². The van der Waals surface area contributed by atoms with Gasteiger partial charge >= 0.3 is 0 Å². The van der Waals surface area contributed by atoms with E-state index in [4.69, 9.17) is 19.4 Å². The smallest absolute Gasteiger partial charge is 0.243 e. The van der Waals surface area contributed by atoms with Crippen molar-refractivity contribution in [2.45, 2.75) is 58.7 Å². The summed E-state index contributed by atoms with van der Waals surface area (Å²) < 4.78 is 11.8. The zero-order valence-corrected chi connectivity index (χ0v) is 26.4. The molecule has 4 unspecified atom stereocenters. The number of anilines is 1. The fourth-order valence-corrected chi connectivity index (χ4v) is 6.32. The minimum atomic E-state index is -0.237. The number of aromatic amines is 1. The van der Waals surface area contributed by atoms with Crippen LogP contribution >= 0.6 is 0 Å². The number of hydrogen-bond donors (Lipinski definition) is 1. The van der Waals surface area contributed by atoms with Crippen molar-refractivity contribution >= 4 is 22.6 Å². The Bertz CT molecular complexity index is 1560. The lowest BCUT2D eigenvalue weighted by Crippen LogP contribution is -2.49. The number of aromatic nitrogens is 4. The van der Waals surface area contributed by atoms with E-state index in [-0.39, 0.29) is 24.0 Å². The predicted octanol–water partition coefficient (Wildman–Crippen LogP) is 5.33. The number of rotatable bonds is 10. The van der Waals surface area contributed by atoms with Gasteiger partial charge in [-0.15, -0.1) is 0 Å². The summed E-state index contributed by atoms with van der Waals surface area (Å²) in [6.07, 6.45) is 4.97. The van der Waals surface area contributed by atoms with Crippen molar-refractivity contribution in [3.05, 3.63) is 60.6 Å². The molecule has 4 aromatic rings. The zero-order valence-electron chi connectivity index (χ0n) is 26.4. The van der Waals surface area contributed by atoms with Crippen LogP contribution in [0.1, 0.15) is 52.1 Å².